The summed E-state index contributed by atoms with van der Waals surface area (Å²) in [4.78, 5) is 27.5. The van der Waals surface area contributed by atoms with Crippen molar-refractivity contribution in [1.82, 2.24) is 4.90 Å². The number of benzene rings is 1. The molecular formula is C22H29NO4. The van der Waals surface area contributed by atoms with Gasteiger partial charge in [0.05, 0.1) is 13.2 Å². The van der Waals surface area contributed by atoms with E-state index in [2.05, 4.69) is 6.92 Å². The first-order chi connectivity index (χ1) is 13.0. The van der Waals surface area contributed by atoms with Crippen molar-refractivity contribution < 1.29 is 19.1 Å². The summed E-state index contributed by atoms with van der Waals surface area (Å²) >= 11 is 0. The Hall–Kier alpha value is -1.88. The normalized spacial score (nSPS) is 28.9. The second-order valence-electron chi connectivity index (χ2n) is 8.80. The SMILES string of the molecule is CC1(CC(=O)C2CC3CCCC(C2)N3C(=O)OCc2ccccc2)COC1. The number of rotatable bonds is 5. The number of fused-ring (bicyclic) bond motifs is 2. The molecule has 3 saturated heterocycles. The first kappa shape index (κ1) is 18.5. The van der Waals surface area contributed by atoms with Gasteiger partial charge in [-0.15, -0.1) is 0 Å². The van der Waals surface area contributed by atoms with Gasteiger partial charge in [-0.1, -0.05) is 37.3 Å². The van der Waals surface area contributed by atoms with E-state index in [9.17, 15) is 9.59 Å². The van der Waals surface area contributed by atoms with Gasteiger partial charge in [-0.2, -0.15) is 0 Å². The molecule has 0 saturated carbocycles. The Morgan fingerprint density at radius 3 is 2.41 bits per heavy atom. The number of amides is 1. The van der Waals surface area contributed by atoms with E-state index < -0.39 is 0 Å². The molecule has 3 aliphatic heterocycles. The summed E-state index contributed by atoms with van der Waals surface area (Å²) in [7, 11) is 0. The number of ketones is 1. The van der Waals surface area contributed by atoms with Crippen molar-refractivity contribution in [2.45, 2.75) is 64.1 Å². The Labute approximate surface area is 161 Å². The Kier molecular flexibility index (Phi) is 5.22. The number of ether oxygens (including phenoxy) is 2. The average Bonchev–Trinajstić information content (AvgIpc) is 2.64. The van der Waals surface area contributed by atoms with Gasteiger partial charge in [0.15, 0.2) is 0 Å². The van der Waals surface area contributed by atoms with Crippen LogP contribution < -0.4 is 0 Å². The zero-order chi connectivity index (χ0) is 18.9. The van der Waals surface area contributed by atoms with Gasteiger partial charge in [-0.05, 0) is 37.7 Å². The largest absolute Gasteiger partial charge is 0.445 e. The third-order valence-electron chi connectivity index (χ3n) is 6.35. The first-order valence-corrected chi connectivity index (χ1v) is 10.1. The van der Waals surface area contributed by atoms with E-state index >= 15 is 0 Å². The summed E-state index contributed by atoms with van der Waals surface area (Å²) in [6.45, 7) is 3.81. The molecule has 0 N–H and O–H groups in total. The Morgan fingerprint density at radius 1 is 1.15 bits per heavy atom. The molecule has 1 aromatic rings. The molecule has 5 heteroatoms. The van der Waals surface area contributed by atoms with E-state index in [1.165, 1.54) is 0 Å². The predicted octanol–water partition coefficient (Wildman–Crippen LogP) is 3.95. The lowest BCUT2D eigenvalue weighted by molar-refractivity contribution is -0.143. The van der Waals surface area contributed by atoms with Crippen LogP contribution in [0.3, 0.4) is 0 Å². The molecule has 1 aromatic carbocycles. The third kappa shape index (κ3) is 4.03. The van der Waals surface area contributed by atoms with Gasteiger partial charge in [-0.3, -0.25) is 4.79 Å². The quantitative estimate of drug-likeness (QED) is 0.786. The Balaban J connectivity index is 1.36. The molecule has 2 unspecified atom stereocenters. The van der Waals surface area contributed by atoms with E-state index in [0.717, 1.165) is 37.7 Å². The zero-order valence-corrected chi connectivity index (χ0v) is 16.1. The first-order valence-electron chi connectivity index (χ1n) is 10.1. The Morgan fingerprint density at radius 2 is 1.81 bits per heavy atom. The van der Waals surface area contributed by atoms with Crippen molar-refractivity contribution in [2.75, 3.05) is 13.2 Å². The topological polar surface area (TPSA) is 55.8 Å². The van der Waals surface area contributed by atoms with Gasteiger partial charge < -0.3 is 14.4 Å². The van der Waals surface area contributed by atoms with Crippen molar-refractivity contribution >= 4 is 11.9 Å². The fraction of sp³-hybridized carbons (Fsp3) is 0.636. The maximum Gasteiger partial charge on any atom is 0.410 e. The lowest BCUT2D eigenvalue weighted by Gasteiger charge is -2.48. The van der Waals surface area contributed by atoms with E-state index in [1.807, 2.05) is 35.2 Å². The predicted molar refractivity (Wildman–Crippen MR) is 101 cm³/mol. The van der Waals surface area contributed by atoms with E-state index in [0.29, 0.717) is 32.0 Å². The second kappa shape index (κ2) is 7.63. The molecule has 4 rings (SSSR count). The maximum absolute atomic E-state index is 12.8. The van der Waals surface area contributed by atoms with Crippen LogP contribution >= 0.6 is 0 Å². The fourth-order valence-corrected chi connectivity index (χ4v) is 4.85. The third-order valence-corrected chi connectivity index (χ3v) is 6.35. The second-order valence-corrected chi connectivity index (χ2v) is 8.80. The lowest BCUT2D eigenvalue weighted by Crippen LogP contribution is -2.56. The minimum absolute atomic E-state index is 0.0257. The molecule has 2 bridgehead atoms. The molecule has 3 aliphatic rings. The molecule has 146 valence electrons. The molecule has 5 nitrogen and oxygen atoms in total. The molecule has 3 heterocycles. The lowest BCUT2D eigenvalue weighted by atomic mass is 9.73. The molecule has 1 amide bonds. The van der Waals surface area contributed by atoms with Gasteiger partial charge in [-0.25, -0.2) is 4.79 Å². The maximum atomic E-state index is 12.8. The number of hydrogen-bond acceptors (Lipinski definition) is 4. The van der Waals surface area contributed by atoms with Crippen LogP contribution in [0.15, 0.2) is 30.3 Å². The summed E-state index contributed by atoms with van der Waals surface area (Å²) < 4.78 is 10.9. The van der Waals surface area contributed by atoms with Crippen molar-refractivity contribution in [2.24, 2.45) is 11.3 Å². The minimum atomic E-state index is -0.223. The molecule has 3 fully saturated rings. The highest BCUT2D eigenvalue weighted by Crippen LogP contribution is 2.40. The molecule has 0 aromatic heterocycles. The number of nitrogens with zero attached hydrogens (tertiary/aromatic N) is 1. The van der Waals surface area contributed by atoms with Crippen LogP contribution in [-0.2, 0) is 20.9 Å². The summed E-state index contributed by atoms with van der Waals surface area (Å²) in [5, 5.41) is 0. The smallest absolute Gasteiger partial charge is 0.410 e. The highest BCUT2D eigenvalue weighted by Gasteiger charge is 2.45. The van der Waals surface area contributed by atoms with Crippen molar-refractivity contribution in [3.63, 3.8) is 0 Å². The van der Waals surface area contributed by atoms with Gasteiger partial charge in [0, 0.05) is 29.8 Å². The molecule has 0 spiro atoms. The monoisotopic (exact) mass is 371 g/mol. The highest BCUT2D eigenvalue weighted by atomic mass is 16.6. The number of Topliss-reactive ketones (excluding diaryl/α,β-unsaturated/α-hetero) is 1. The van der Waals surface area contributed by atoms with Crippen LogP contribution in [0.4, 0.5) is 4.79 Å². The van der Waals surface area contributed by atoms with Crippen LogP contribution in [0.5, 0.6) is 0 Å². The van der Waals surface area contributed by atoms with Crippen molar-refractivity contribution in [3.05, 3.63) is 35.9 Å². The van der Waals surface area contributed by atoms with Crippen molar-refractivity contribution in [1.29, 1.82) is 0 Å². The van der Waals surface area contributed by atoms with Crippen LogP contribution in [-0.4, -0.2) is 42.1 Å². The number of carbonyl (C=O) groups excluding carboxylic acids is 2. The number of hydrogen-bond donors (Lipinski definition) is 0. The van der Waals surface area contributed by atoms with Crippen LogP contribution in [0, 0.1) is 11.3 Å². The van der Waals surface area contributed by atoms with Crippen LogP contribution in [0.25, 0.3) is 0 Å². The summed E-state index contributed by atoms with van der Waals surface area (Å²) in [6.07, 6.45) is 5.03. The van der Waals surface area contributed by atoms with Gasteiger partial charge in [0.25, 0.3) is 0 Å². The number of piperidine rings is 2. The van der Waals surface area contributed by atoms with Crippen LogP contribution in [0.1, 0.15) is 51.0 Å². The standard InChI is InChI=1S/C22H29NO4/c1-22(14-26-15-22)12-20(24)17-10-18-8-5-9-19(11-17)23(18)21(25)27-13-16-6-3-2-4-7-16/h2-4,6-7,17-19H,5,8-15H2,1H3. The highest BCUT2D eigenvalue weighted by molar-refractivity contribution is 5.82. The molecular weight excluding hydrogens is 342 g/mol. The zero-order valence-electron chi connectivity index (χ0n) is 16.1. The number of carbonyl (C=O) groups is 2. The summed E-state index contributed by atoms with van der Waals surface area (Å²) in [5.41, 5.74) is 1.02. The van der Waals surface area contributed by atoms with E-state index in [-0.39, 0.29) is 29.5 Å². The summed E-state index contributed by atoms with van der Waals surface area (Å²) in [6, 6.07) is 10.0. The van der Waals surface area contributed by atoms with Crippen molar-refractivity contribution in [3.8, 4) is 0 Å². The molecule has 0 aliphatic carbocycles. The average molecular weight is 371 g/mol. The molecule has 2 atom stereocenters. The minimum Gasteiger partial charge on any atom is -0.445 e. The van der Waals surface area contributed by atoms with Crippen LogP contribution in [0.2, 0.25) is 0 Å². The van der Waals surface area contributed by atoms with Gasteiger partial charge in [0.2, 0.25) is 0 Å². The van der Waals surface area contributed by atoms with Gasteiger partial charge >= 0.3 is 6.09 Å². The van der Waals surface area contributed by atoms with Gasteiger partial charge in [0.1, 0.15) is 12.4 Å². The van der Waals surface area contributed by atoms with E-state index in [1.54, 1.807) is 0 Å². The fourth-order valence-electron chi connectivity index (χ4n) is 4.85. The molecule has 0 radical (unpaired) electrons. The Bertz CT molecular complexity index is 671. The molecule has 27 heavy (non-hydrogen) atoms. The summed E-state index contributed by atoms with van der Waals surface area (Å²) in [5.74, 6) is 0.436. The van der Waals surface area contributed by atoms with E-state index in [4.69, 9.17) is 9.47 Å².